The summed E-state index contributed by atoms with van der Waals surface area (Å²) in [6.07, 6.45) is 1.80. The van der Waals surface area contributed by atoms with Crippen molar-refractivity contribution in [1.82, 2.24) is 5.43 Å². The number of nitrogens with one attached hydrogen (secondary N) is 2. The second-order valence-corrected chi connectivity index (χ2v) is 5.53. The molecule has 24 heavy (non-hydrogen) atoms. The molecule has 0 radical (unpaired) electrons. The Morgan fingerprint density at radius 2 is 1.83 bits per heavy atom. The van der Waals surface area contributed by atoms with Crippen molar-refractivity contribution in [3.05, 3.63) is 65.7 Å². The van der Waals surface area contributed by atoms with Crippen LogP contribution in [0.4, 0.5) is 5.69 Å². The van der Waals surface area contributed by atoms with Crippen LogP contribution in [0.3, 0.4) is 0 Å². The summed E-state index contributed by atoms with van der Waals surface area (Å²) in [5.41, 5.74) is 5.58. The van der Waals surface area contributed by atoms with Crippen LogP contribution in [0.1, 0.15) is 35.7 Å². The topological polar surface area (TPSA) is 73.7 Å². The lowest BCUT2D eigenvalue weighted by atomic mass is 10.1. The number of hydrazone groups is 1. The minimum Gasteiger partial charge on any atom is -0.478 e. The van der Waals surface area contributed by atoms with Gasteiger partial charge in [0.15, 0.2) is 5.11 Å². The molecule has 5 nitrogen and oxygen atoms in total. The normalized spacial score (nSPS) is 11.0. The molecule has 124 valence electrons. The van der Waals surface area contributed by atoms with Crippen molar-refractivity contribution in [3.8, 4) is 0 Å². The van der Waals surface area contributed by atoms with Gasteiger partial charge in [0.1, 0.15) is 0 Å². The molecule has 0 saturated carbocycles. The Balaban J connectivity index is 2.05. The van der Waals surface area contributed by atoms with Crippen LogP contribution in [0, 0.1) is 0 Å². The molecular formula is C18H19N3O2S. The van der Waals surface area contributed by atoms with Gasteiger partial charge in [-0.15, -0.1) is 0 Å². The molecule has 2 aromatic carbocycles. The smallest absolute Gasteiger partial charge is 0.335 e. The van der Waals surface area contributed by atoms with E-state index in [1.807, 2.05) is 30.3 Å². The first-order chi connectivity index (χ1) is 11.6. The highest BCUT2D eigenvalue weighted by atomic mass is 32.1. The van der Waals surface area contributed by atoms with Crippen molar-refractivity contribution >= 4 is 34.7 Å². The maximum Gasteiger partial charge on any atom is 0.335 e. The molecule has 0 unspecified atom stereocenters. The van der Waals surface area contributed by atoms with Crippen LogP contribution in [0.15, 0.2) is 59.7 Å². The van der Waals surface area contributed by atoms with Gasteiger partial charge < -0.3 is 10.4 Å². The fraction of sp³-hybridized carbons (Fsp3) is 0.167. The highest BCUT2D eigenvalue weighted by Gasteiger charge is 2.05. The molecule has 2 aromatic rings. The van der Waals surface area contributed by atoms with Crippen molar-refractivity contribution in [2.24, 2.45) is 5.10 Å². The summed E-state index contributed by atoms with van der Waals surface area (Å²) >= 11 is 5.22. The van der Waals surface area contributed by atoms with Crippen LogP contribution >= 0.6 is 12.2 Å². The Labute approximate surface area is 146 Å². The minimum absolute atomic E-state index is 0.197. The summed E-state index contributed by atoms with van der Waals surface area (Å²) in [6.45, 7) is 2.09. The summed E-state index contributed by atoms with van der Waals surface area (Å²) in [5, 5.41) is 16.6. The zero-order chi connectivity index (χ0) is 17.4. The van der Waals surface area contributed by atoms with Crippen LogP contribution in [-0.4, -0.2) is 21.9 Å². The molecule has 0 heterocycles. The Morgan fingerprint density at radius 1 is 1.12 bits per heavy atom. The molecule has 0 fully saturated rings. The van der Waals surface area contributed by atoms with Crippen molar-refractivity contribution in [3.63, 3.8) is 0 Å². The largest absolute Gasteiger partial charge is 0.478 e. The van der Waals surface area contributed by atoms with E-state index < -0.39 is 5.97 Å². The lowest BCUT2D eigenvalue weighted by Crippen LogP contribution is -2.25. The average molecular weight is 341 g/mol. The number of aromatic carboxylic acids is 1. The van der Waals surface area contributed by atoms with Gasteiger partial charge in [0.05, 0.1) is 11.3 Å². The van der Waals surface area contributed by atoms with Gasteiger partial charge in [-0.3, -0.25) is 5.43 Å². The van der Waals surface area contributed by atoms with Gasteiger partial charge in [0.2, 0.25) is 0 Å². The Bertz CT molecular complexity index is 745. The van der Waals surface area contributed by atoms with E-state index in [1.165, 1.54) is 12.1 Å². The van der Waals surface area contributed by atoms with Crippen LogP contribution in [0.2, 0.25) is 0 Å². The van der Waals surface area contributed by atoms with Crippen molar-refractivity contribution in [2.45, 2.75) is 19.8 Å². The summed E-state index contributed by atoms with van der Waals surface area (Å²) in [5.74, 6) is -0.982. The van der Waals surface area contributed by atoms with E-state index in [9.17, 15) is 4.79 Å². The first-order valence-electron chi connectivity index (χ1n) is 7.62. The third-order valence-electron chi connectivity index (χ3n) is 3.25. The van der Waals surface area contributed by atoms with E-state index in [1.54, 1.807) is 12.1 Å². The van der Waals surface area contributed by atoms with Gasteiger partial charge in [-0.1, -0.05) is 49.7 Å². The standard InChI is InChI=1S/C18H19N3O2S/c1-2-7-16(13-8-4-3-5-9-13)20-21-18(24)19-15-11-6-10-14(12-15)17(22)23/h3-6,8-12H,2,7H2,1H3,(H,22,23)(H2,19,21,24)/b20-16+. The number of carboxylic acid groups (broad SMARTS) is 1. The first kappa shape index (κ1) is 17.6. The monoisotopic (exact) mass is 341 g/mol. The van der Waals surface area contributed by atoms with E-state index in [2.05, 4.69) is 22.8 Å². The summed E-state index contributed by atoms with van der Waals surface area (Å²) in [4.78, 5) is 11.0. The van der Waals surface area contributed by atoms with E-state index in [0.717, 1.165) is 24.1 Å². The van der Waals surface area contributed by atoms with E-state index >= 15 is 0 Å². The van der Waals surface area contributed by atoms with E-state index in [0.29, 0.717) is 10.8 Å². The number of hydrogen-bond donors (Lipinski definition) is 3. The number of benzene rings is 2. The van der Waals surface area contributed by atoms with Crippen LogP contribution in [0.5, 0.6) is 0 Å². The molecule has 0 aliphatic carbocycles. The summed E-state index contributed by atoms with van der Waals surface area (Å²) < 4.78 is 0. The molecule has 0 saturated heterocycles. The van der Waals surface area contributed by atoms with Crippen LogP contribution in [-0.2, 0) is 0 Å². The minimum atomic E-state index is -0.982. The zero-order valence-corrected chi connectivity index (χ0v) is 14.1. The first-order valence-corrected chi connectivity index (χ1v) is 8.03. The highest BCUT2D eigenvalue weighted by molar-refractivity contribution is 7.80. The molecular weight excluding hydrogens is 322 g/mol. The lowest BCUT2D eigenvalue weighted by Gasteiger charge is -2.10. The summed E-state index contributed by atoms with van der Waals surface area (Å²) in [6, 6.07) is 16.3. The molecule has 0 aliphatic rings. The molecule has 3 N–H and O–H groups in total. The average Bonchev–Trinajstić information content (AvgIpc) is 2.59. The van der Waals surface area contributed by atoms with Crippen LogP contribution in [0.25, 0.3) is 0 Å². The van der Waals surface area contributed by atoms with Gasteiger partial charge in [0, 0.05) is 5.69 Å². The number of hydrogen-bond acceptors (Lipinski definition) is 3. The maximum absolute atomic E-state index is 11.0. The second kappa shape index (κ2) is 8.79. The molecule has 6 heteroatoms. The Hall–Kier alpha value is -2.73. The second-order valence-electron chi connectivity index (χ2n) is 5.13. The van der Waals surface area contributed by atoms with Gasteiger partial charge in [-0.05, 0) is 42.4 Å². The van der Waals surface area contributed by atoms with Gasteiger partial charge in [0.25, 0.3) is 0 Å². The molecule has 0 amide bonds. The highest BCUT2D eigenvalue weighted by Crippen LogP contribution is 2.11. The number of carboxylic acids is 1. The van der Waals surface area contributed by atoms with Crippen molar-refractivity contribution in [1.29, 1.82) is 0 Å². The lowest BCUT2D eigenvalue weighted by molar-refractivity contribution is 0.0697. The SMILES string of the molecule is CCC/C(=N\NC(=S)Nc1cccc(C(=O)O)c1)c1ccccc1. The third kappa shape index (κ3) is 5.17. The molecule has 2 rings (SSSR count). The number of rotatable bonds is 6. The number of nitrogens with zero attached hydrogens (tertiary/aromatic N) is 1. The molecule has 0 aromatic heterocycles. The fourth-order valence-corrected chi connectivity index (χ4v) is 2.30. The van der Waals surface area contributed by atoms with Gasteiger partial charge in [-0.2, -0.15) is 5.10 Å². The van der Waals surface area contributed by atoms with Crippen molar-refractivity contribution < 1.29 is 9.90 Å². The van der Waals surface area contributed by atoms with Crippen LogP contribution < -0.4 is 10.7 Å². The number of carbonyl (C=O) groups is 1. The Morgan fingerprint density at radius 3 is 2.50 bits per heavy atom. The van der Waals surface area contributed by atoms with E-state index in [-0.39, 0.29) is 5.56 Å². The molecule has 0 bridgehead atoms. The quantitative estimate of drug-likeness (QED) is 0.422. The third-order valence-corrected chi connectivity index (χ3v) is 3.45. The fourth-order valence-electron chi connectivity index (χ4n) is 2.14. The van der Waals surface area contributed by atoms with E-state index in [4.69, 9.17) is 17.3 Å². The van der Waals surface area contributed by atoms with Crippen molar-refractivity contribution in [2.75, 3.05) is 5.32 Å². The maximum atomic E-state index is 11.0. The predicted molar refractivity (Wildman–Crippen MR) is 101 cm³/mol. The van der Waals surface area contributed by atoms with Gasteiger partial charge >= 0.3 is 5.97 Å². The zero-order valence-electron chi connectivity index (χ0n) is 13.3. The number of thiocarbonyl (C=S) groups is 1. The number of anilines is 1. The van der Waals surface area contributed by atoms with Gasteiger partial charge in [-0.25, -0.2) is 4.79 Å². The molecule has 0 atom stereocenters. The predicted octanol–water partition coefficient (Wildman–Crippen LogP) is 3.88. The molecule has 0 spiro atoms. The molecule has 0 aliphatic heterocycles. The summed E-state index contributed by atoms with van der Waals surface area (Å²) in [7, 11) is 0. The Kier molecular flexibility index (Phi) is 6.45.